The van der Waals surface area contributed by atoms with Crippen molar-refractivity contribution >= 4 is 17.6 Å². The molecule has 0 heterocycles. The predicted molar refractivity (Wildman–Crippen MR) is 132 cm³/mol. The molecule has 2 aromatic rings. The van der Waals surface area contributed by atoms with Crippen LogP contribution < -0.4 is 24.8 Å². The maximum atomic E-state index is 2.63. The Bertz CT molecular complexity index is 1020. The van der Waals surface area contributed by atoms with Crippen molar-refractivity contribution in [2.75, 3.05) is 0 Å². The number of aryl methyl sites for hydroxylation is 2. The summed E-state index contributed by atoms with van der Waals surface area (Å²) in [6.45, 7) is 19.3. The zero-order valence-electron chi connectivity index (χ0n) is 20.7. The predicted octanol–water partition coefficient (Wildman–Crippen LogP) is 2.26. The molecule has 2 unspecified atom stereocenters. The van der Waals surface area contributed by atoms with Crippen LogP contribution in [0.15, 0.2) is 36.4 Å². The standard InChI is InChI=1S/2C13H15.C2H6Si.2ClH.Zr/c2*1-9(2)11-8-7-10(3)12-5-4-6-13(11)12;1-3-2;;;/h2*4-9H,1-3H3;1-2H3;2*1H;/q;;;;;+2/p-2. The molecule has 0 saturated heterocycles. The van der Waals surface area contributed by atoms with Gasteiger partial charge in [0.2, 0.25) is 0 Å². The first-order valence-electron chi connectivity index (χ1n) is 11.5. The summed E-state index contributed by atoms with van der Waals surface area (Å²) >= 11 is -1.86. The summed E-state index contributed by atoms with van der Waals surface area (Å²) < 4.78 is 1.46. The summed E-state index contributed by atoms with van der Waals surface area (Å²) in [5.41, 5.74) is 12.3. The first-order valence-corrected chi connectivity index (χ1v) is 20.5. The maximum absolute atomic E-state index is 2.63. The van der Waals surface area contributed by atoms with Crippen LogP contribution in [-0.2, 0) is 20.4 Å². The largest absolute Gasteiger partial charge is 1.00 e. The molecule has 0 spiro atoms. The molecular formula is C28H36Cl2SiZr. The molecule has 0 saturated carbocycles. The Balaban J connectivity index is 0.00000181. The molecule has 32 heavy (non-hydrogen) atoms. The first kappa shape index (κ1) is 27.8. The van der Waals surface area contributed by atoms with Gasteiger partial charge in [-0.25, -0.2) is 0 Å². The summed E-state index contributed by atoms with van der Waals surface area (Å²) in [4.78, 5) is 0. The number of allylic oxidation sites excluding steroid dienone is 2. The minimum absolute atomic E-state index is 0. The van der Waals surface area contributed by atoms with Gasteiger partial charge < -0.3 is 24.8 Å². The molecule has 170 valence electrons. The Morgan fingerprint density at radius 3 is 1.38 bits per heavy atom. The minimum atomic E-state index is -1.86. The van der Waals surface area contributed by atoms with Crippen molar-refractivity contribution in [1.29, 1.82) is 0 Å². The van der Waals surface area contributed by atoms with E-state index < -0.39 is 20.4 Å². The molecule has 2 aromatic carbocycles. The summed E-state index contributed by atoms with van der Waals surface area (Å²) in [6.07, 6.45) is 10.2. The van der Waals surface area contributed by atoms with Gasteiger partial charge in [-0.3, -0.25) is 0 Å². The van der Waals surface area contributed by atoms with E-state index in [1.54, 1.807) is 33.4 Å². The summed E-state index contributed by atoms with van der Waals surface area (Å²) in [5, 5.41) is 0. The maximum Gasteiger partial charge on any atom is -1.00 e. The number of halogens is 2. The average molecular weight is 563 g/mol. The smallest absolute Gasteiger partial charge is 1.00 e. The first-order chi connectivity index (χ1) is 14.2. The normalized spacial score (nSPS) is 17.5. The Morgan fingerprint density at radius 1 is 0.688 bits per heavy atom. The van der Waals surface area contributed by atoms with Crippen LogP contribution in [0.25, 0.3) is 12.2 Å². The third-order valence-corrected chi connectivity index (χ3v) is 26.1. The summed E-state index contributed by atoms with van der Waals surface area (Å²) in [5.74, 6) is 1.18. The van der Waals surface area contributed by atoms with Gasteiger partial charge in [0.05, 0.1) is 0 Å². The average Bonchev–Trinajstić information content (AvgIpc) is 3.28. The van der Waals surface area contributed by atoms with Crippen molar-refractivity contribution in [3.8, 4) is 0 Å². The number of hydrogen-bond donors (Lipinski definition) is 0. The molecular weight excluding hydrogens is 527 g/mol. The fraction of sp³-hybridized carbons (Fsp3) is 0.429. The van der Waals surface area contributed by atoms with Crippen LogP contribution in [0.2, 0.25) is 13.1 Å². The van der Waals surface area contributed by atoms with Gasteiger partial charge in [0.25, 0.3) is 0 Å². The quantitative estimate of drug-likeness (QED) is 0.502. The van der Waals surface area contributed by atoms with E-state index in [2.05, 4.69) is 103 Å². The summed E-state index contributed by atoms with van der Waals surface area (Å²) in [7, 11) is 0. The Morgan fingerprint density at radius 2 is 1.06 bits per heavy atom. The van der Waals surface area contributed by atoms with Gasteiger partial charge in [0, 0.05) is 0 Å². The van der Waals surface area contributed by atoms with Crippen LogP contribution >= 0.6 is 0 Å². The molecule has 0 fully saturated rings. The molecule has 0 radical (unpaired) electrons. The van der Waals surface area contributed by atoms with Crippen molar-refractivity contribution in [3.05, 3.63) is 80.9 Å². The second kappa shape index (κ2) is 10.9. The van der Waals surface area contributed by atoms with E-state index in [4.69, 9.17) is 0 Å². The Labute approximate surface area is 216 Å². The van der Waals surface area contributed by atoms with Crippen molar-refractivity contribution < 1.29 is 45.2 Å². The van der Waals surface area contributed by atoms with Gasteiger partial charge in [-0.05, 0) is 0 Å². The molecule has 0 bridgehead atoms. The zero-order valence-corrected chi connectivity index (χ0v) is 25.7. The molecule has 0 aliphatic heterocycles. The van der Waals surface area contributed by atoms with Crippen molar-refractivity contribution in [1.82, 2.24) is 0 Å². The molecule has 4 rings (SSSR count). The number of benzene rings is 2. The van der Waals surface area contributed by atoms with E-state index in [-0.39, 0.29) is 30.2 Å². The molecule has 0 nitrogen and oxygen atoms in total. The van der Waals surface area contributed by atoms with Gasteiger partial charge in [-0.1, -0.05) is 0 Å². The molecule has 0 N–H and O–H groups in total. The van der Waals surface area contributed by atoms with Crippen LogP contribution in [-0.4, -0.2) is 5.43 Å². The van der Waals surface area contributed by atoms with Gasteiger partial charge in [-0.15, -0.1) is 0 Å². The second-order valence-corrected chi connectivity index (χ2v) is 28.1. The van der Waals surface area contributed by atoms with Gasteiger partial charge in [0.15, 0.2) is 0 Å². The topological polar surface area (TPSA) is 0 Å². The Kier molecular flexibility index (Phi) is 9.48. The third-order valence-electron chi connectivity index (χ3n) is 7.10. The fourth-order valence-electron chi connectivity index (χ4n) is 5.64. The van der Waals surface area contributed by atoms with Gasteiger partial charge in [-0.2, -0.15) is 0 Å². The van der Waals surface area contributed by atoms with Crippen LogP contribution in [0.5, 0.6) is 0 Å². The van der Waals surface area contributed by atoms with E-state index in [0.29, 0.717) is 11.8 Å². The van der Waals surface area contributed by atoms with Crippen LogP contribution in [0.3, 0.4) is 0 Å². The molecule has 4 heteroatoms. The number of hydrogen-bond acceptors (Lipinski definition) is 0. The SMILES string of the molecule is Cc1ccc(C(C)C)c2c1[CH]([Zr+2]([CH]1C=Cc3c(C(C)C)ccc(C)c31)=[Si](C)C)C=C2.[Cl-].[Cl-]. The van der Waals surface area contributed by atoms with E-state index >= 15 is 0 Å². The molecule has 2 atom stereocenters. The monoisotopic (exact) mass is 560 g/mol. The van der Waals surface area contributed by atoms with E-state index in [9.17, 15) is 0 Å². The van der Waals surface area contributed by atoms with Gasteiger partial charge >= 0.3 is 193 Å². The van der Waals surface area contributed by atoms with E-state index in [1.807, 2.05) is 0 Å². The number of fused-ring (bicyclic) bond motifs is 2. The van der Waals surface area contributed by atoms with Crippen LogP contribution in [0.1, 0.15) is 91.3 Å². The molecule has 2 aliphatic rings. The van der Waals surface area contributed by atoms with Crippen LogP contribution in [0, 0.1) is 13.8 Å². The molecule has 2 aliphatic carbocycles. The van der Waals surface area contributed by atoms with Crippen molar-refractivity contribution in [3.63, 3.8) is 0 Å². The molecule has 0 aromatic heterocycles. The third kappa shape index (κ3) is 4.72. The Hall–Kier alpha value is -0.400. The summed E-state index contributed by atoms with van der Waals surface area (Å²) in [6, 6.07) is 9.55. The molecule has 0 amide bonds. The van der Waals surface area contributed by atoms with Crippen LogP contribution in [0.4, 0.5) is 0 Å². The second-order valence-electron chi connectivity index (χ2n) is 10.0. The van der Waals surface area contributed by atoms with Crippen molar-refractivity contribution in [2.45, 2.75) is 73.7 Å². The fourth-order valence-corrected chi connectivity index (χ4v) is 24.8. The van der Waals surface area contributed by atoms with E-state index in [1.165, 1.54) is 11.1 Å². The number of rotatable bonds is 4. The van der Waals surface area contributed by atoms with Crippen molar-refractivity contribution in [2.24, 2.45) is 0 Å². The zero-order chi connectivity index (χ0) is 21.7. The van der Waals surface area contributed by atoms with E-state index in [0.717, 1.165) is 7.25 Å². The van der Waals surface area contributed by atoms with Gasteiger partial charge in [0.1, 0.15) is 0 Å². The minimum Gasteiger partial charge on any atom is -1.00 e.